The number of carbonyl (C=O) groups is 3. The molecule has 0 radical (unpaired) electrons. The summed E-state index contributed by atoms with van der Waals surface area (Å²) in [6.45, 7) is 1.22. The number of carboxylic acids is 2. The number of aromatic carboxylic acids is 2. The largest absolute Gasteiger partial charge is 0.478 e. The second kappa shape index (κ2) is 3.87. The maximum absolute atomic E-state index is 10.9. The predicted molar refractivity (Wildman–Crippen MR) is 48.2 cm³/mol. The highest BCUT2D eigenvalue weighted by Gasteiger charge is 2.18. The molecule has 1 aromatic heterocycles. The fourth-order valence-electron chi connectivity index (χ4n) is 0.995. The predicted octanol–water partition coefficient (Wildman–Crippen LogP) is 0.681. The molecule has 1 aromatic rings. The van der Waals surface area contributed by atoms with E-state index in [0.29, 0.717) is 0 Å². The Morgan fingerprint density at radius 3 is 2.07 bits per heavy atom. The lowest BCUT2D eigenvalue weighted by atomic mass is 10.1. The molecule has 0 saturated carbocycles. The fraction of sp³-hybridized carbons (Fsp3) is 0.111. The number of carbonyl (C=O) groups excluding carboxylic acids is 1. The molecule has 0 spiro atoms. The summed E-state index contributed by atoms with van der Waals surface area (Å²) in [5, 5.41) is 17.4. The monoisotopic (exact) mass is 209 g/mol. The minimum atomic E-state index is -1.41. The van der Waals surface area contributed by atoms with Crippen LogP contribution >= 0.6 is 0 Å². The molecule has 78 valence electrons. The minimum absolute atomic E-state index is 0.0719. The summed E-state index contributed by atoms with van der Waals surface area (Å²) >= 11 is 0. The van der Waals surface area contributed by atoms with E-state index in [1.165, 1.54) is 6.92 Å². The Morgan fingerprint density at radius 2 is 1.67 bits per heavy atom. The van der Waals surface area contributed by atoms with Gasteiger partial charge in [-0.15, -0.1) is 0 Å². The molecule has 0 bridgehead atoms. The summed E-state index contributed by atoms with van der Waals surface area (Å²) in [6, 6.07) is 0.952. The van der Waals surface area contributed by atoms with Crippen molar-refractivity contribution in [3.05, 3.63) is 29.1 Å². The molecular formula is C9H7NO5. The van der Waals surface area contributed by atoms with Crippen molar-refractivity contribution in [2.24, 2.45) is 0 Å². The Labute approximate surface area is 84.2 Å². The third-order valence-corrected chi connectivity index (χ3v) is 1.73. The van der Waals surface area contributed by atoms with Gasteiger partial charge in [0.25, 0.3) is 0 Å². The highest BCUT2D eigenvalue weighted by atomic mass is 16.4. The summed E-state index contributed by atoms with van der Waals surface area (Å²) in [5.74, 6) is -3.22. The van der Waals surface area contributed by atoms with E-state index in [9.17, 15) is 14.4 Å². The average Bonchev–Trinajstić information content (AvgIpc) is 2.16. The van der Waals surface area contributed by atoms with Crippen LogP contribution in [0.5, 0.6) is 0 Å². The van der Waals surface area contributed by atoms with Crippen molar-refractivity contribution in [2.75, 3.05) is 0 Å². The first kappa shape index (κ1) is 10.8. The van der Waals surface area contributed by atoms with Crippen LogP contribution in [0.1, 0.15) is 38.1 Å². The number of hydrogen-bond donors (Lipinski definition) is 2. The molecule has 0 saturated heterocycles. The van der Waals surface area contributed by atoms with Crippen LogP contribution in [0.15, 0.2) is 12.3 Å². The summed E-state index contributed by atoms with van der Waals surface area (Å²) in [4.78, 5) is 35.8. The van der Waals surface area contributed by atoms with E-state index in [1.54, 1.807) is 0 Å². The zero-order valence-corrected chi connectivity index (χ0v) is 7.72. The molecule has 0 aromatic carbocycles. The SMILES string of the molecule is CC(=O)c1cc(C(=O)O)c(C(=O)O)cn1. The van der Waals surface area contributed by atoms with E-state index < -0.39 is 28.8 Å². The van der Waals surface area contributed by atoms with Gasteiger partial charge in [-0.3, -0.25) is 9.78 Å². The molecule has 0 fully saturated rings. The van der Waals surface area contributed by atoms with Gasteiger partial charge in [0.2, 0.25) is 0 Å². The smallest absolute Gasteiger partial charge is 0.338 e. The normalized spacial score (nSPS) is 9.67. The first-order valence-electron chi connectivity index (χ1n) is 3.91. The van der Waals surface area contributed by atoms with E-state index in [1.807, 2.05) is 0 Å². The first-order chi connectivity index (χ1) is 6.93. The summed E-state index contributed by atoms with van der Waals surface area (Å²) in [7, 11) is 0. The Morgan fingerprint density at radius 1 is 1.13 bits per heavy atom. The van der Waals surface area contributed by atoms with Gasteiger partial charge < -0.3 is 10.2 Å². The van der Waals surface area contributed by atoms with Gasteiger partial charge >= 0.3 is 11.9 Å². The van der Waals surface area contributed by atoms with Crippen molar-refractivity contribution in [1.82, 2.24) is 4.98 Å². The van der Waals surface area contributed by atoms with E-state index in [-0.39, 0.29) is 5.69 Å². The van der Waals surface area contributed by atoms with Gasteiger partial charge in [-0.05, 0) is 6.07 Å². The van der Waals surface area contributed by atoms with Crippen LogP contribution < -0.4 is 0 Å². The number of nitrogens with zero attached hydrogens (tertiary/aromatic N) is 1. The lowest BCUT2D eigenvalue weighted by molar-refractivity contribution is 0.0650. The summed E-state index contributed by atoms with van der Waals surface area (Å²) < 4.78 is 0. The Bertz CT molecular complexity index is 452. The number of Topliss-reactive ketones (excluding diaryl/α,β-unsaturated/α-hetero) is 1. The first-order valence-corrected chi connectivity index (χ1v) is 3.91. The minimum Gasteiger partial charge on any atom is -0.478 e. The van der Waals surface area contributed by atoms with Gasteiger partial charge in [0.15, 0.2) is 5.78 Å². The number of carboxylic acid groups (broad SMARTS) is 2. The second-order valence-electron chi connectivity index (χ2n) is 2.78. The van der Waals surface area contributed by atoms with Crippen molar-refractivity contribution in [3.63, 3.8) is 0 Å². The Kier molecular flexibility index (Phi) is 2.80. The third kappa shape index (κ3) is 2.16. The van der Waals surface area contributed by atoms with Gasteiger partial charge in [-0.25, -0.2) is 9.59 Å². The highest BCUT2D eigenvalue weighted by molar-refractivity contribution is 6.03. The fourth-order valence-corrected chi connectivity index (χ4v) is 0.995. The molecule has 0 aliphatic heterocycles. The topological polar surface area (TPSA) is 105 Å². The number of hydrogen-bond acceptors (Lipinski definition) is 4. The molecule has 15 heavy (non-hydrogen) atoms. The number of pyridine rings is 1. The van der Waals surface area contributed by atoms with Gasteiger partial charge in [0.1, 0.15) is 5.69 Å². The molecule has 1 rings (SSSR count). The second-order valence-corrected chi connectivity index (χ2v) is 2.78. The molecular weight excluding hydrogens is 202 g/mol. The summed E-state index contributed by atoms with van der Waals surface area (Å²) in [6.07, 6.45) is 0.864. The van der Waals surface area contributed by atoms with Crippen LogP contribution in [-0.4, -0.2) is 32.9 Å². The van der Waals surface area contributed by atoms with Crippen molar-refractivity contribution >= 4 is 17.7 Å². The molecule has 6 heteroatoms. The molecule has 0 atom stereocenters. The summed E-state index contributed by atoms with van der Waals surface area (Å²) in [5.41, 5.74) is -0.951. The lowest BCUT2D eigenvalue weighted by Crippen LogP contribution is -2.11. The van der Waals surface area contributed by atoms with E-state index in [4.69, 9.17) is 10.2 Å². The molecule has 0 amide bonds. The van der Waals surface area contributed by atoms with Crippen LogP contribution in [0, 0.1) is 0 Å². The van der Waals surface area contributed by atoms with Crippen LogP contribution in [0.4, 0.5) is 0 Å². The quantitative estimate of drug-likeness (QED) is 0.709. The zero-order chi connectivity index (χ0) is 11.6. The molecule has 1 heterocycles. The molecule has 0 unspecified atom stereocenters. The van der Waals surface area contributed by atoms with Crippen LogP contribution in [0.3, 0.4) is 0 Å². The molecule has 6 nitrogen and oxygen atoms in total. The maximum Gasteiger partial charge on any atom is 0.338 e. The third-order valence-electron chi connectivity index (χ3n) is 1.73. The van der Waals surface area contributed by atoms with E-state index in [2.05, 4.69) is 4.98 Å². The standard InChI is InChI=1S/C9H7NO5/c1-4(11)7-2-5(8(12)13)6(3-10-7)9(14)15/h2-3H,1H3,(H,12,13)(H,14,15). The van der Waals surface area contributed by atoms with Crippen molar-refractivity contribution in [3.8, 4) is 0 Å². The van der Waals surface area contributed by atoms with Crippen molar-refractivity contribution in [2.45, 2.75) is 6.92 Å². The lowest BCUT2D eigenvalue weighted by Gasteiger charge is -2.02. The number of ketones is 1. The van der Waals surface area contributed by atoms with E-state index >= 15 is 0 Å². The van der Waals surface area contributed by atoms with Crippen LogP contribution in [0.2, 0.25) is 0 Å². The molecule has 2 N–H and O–H groups in total. The molecule has 0 aliphatic carbocycles. The highest BCUT2D eigenvalue weighted by Crippen LogP contribution is 2.10. The van der Waals surface area contributed by atoms with Gasteiger partial charge in [0.05, 0.1) is 11.1 Å². The molecule has 0 aliphatic rings. The number of rotatable bonds is 3. The average molecular weight is 209 g/mol. The van der Waals surface area contributed by atoms with Crippen LogP contribution in [-0.2, 0) is 0 Å². The zero-order valence-electron chi connectivity index (χ0n) is 7.72. The van der Waals surface area contributed by atoms with Crippen molar-refractivity contribution < 1.29 is 24.6 Å². The van der Waals surface area contributed by atoms with Crippen molar-refractivity contribution in [1.29, 1.82) is 0 Å². The van der Waals surface area contributed by atoms with E-state index in [0.717, 1.165) is 12.3 Å². The van der Waals surface area contributed by atoms with Gasteiger partial charge in [-0.1, -0.05) is 0 Å². The van der Waals surface area contributed by atoms with Gasteiger partial charge in [-0.2, -0.15) is 0 Å². The number of aromatic nitrogens is 1. The van der Waals surface area contributed by atoms with Crippen LogP contribution in [0.25, 0.3) is 0 Å². The Balaban J connectivity index is 3.40. The Hall–Kier alpha value is -2.24. The maximum atomic E-state index is 10.9. The van der Waals surface area contributed by atoms with Gasteiger partial charge in [0, 0.05) is 13.1 Å².